The van der Waals surface area contributed by atoms with Crippen molar-refractivity contribution in [2.75, 3.05) is 31.9 Å². The van der Waals surface area contributed by atoms with Crippen LogP contribution in [0.3, 0.4) is 0 Å². The molecule has 0 aromatic heterocycles. The molecule has 1 saturated heterocycles. The molecule has 1 aliphatic rings. The fraction of sp³-hybridized carbons (Fsp3) is 0.278. The van der Waals surface area contributed by atoms with Gasteiger partial charge in [0.05, 0.1) is 4.92 Å². The maximum atomic E-state index is 12.5. The van der Waals surface area contributed by atoms with Crippen LogP contribution in [-0.2, 0) is 6.54 Å². The van der Waals surface area contributed by atoms with Crippen LogP contribution in [0.1, 0.15) is 15.9 Å². The van der Waals surface area contributed by atoms with Crippen molar-refractivity contribution in [3.8, 4) is 0 Å². The molecule has 2 N–H and O–H groups in total. The number of nitrogens with two attached hydrogens (primary N) is 1. The van der Waals surface area contributed by atoms with Crippen LogP contribution < -0.4 is 5.73 Å². The number of carbonyl (C=O) groups is 1. The summed E-state index contributed by atoms with van der Waals surface area (Å²) in [6.07, 6.45) is 0. The van der Waals surface area contributed by atoms with E-state index in [2.05, 4.69) is 4.90 Å². The van der Waals surface area contributed by atoms with Crippen LogP contribution in [0.4, 0.5) is 11.4 Å². The smallest absolute Gasteiger partial charge is 0.269 e. The molecule has 26 heavy (non-hydrogen) atoms. The molecule has 3 rings (SSSR count). The van der Waals surface area contributed by atoms with Gasteiger partial charge in [-0.15, -0.1) is 12.4 Å². The molecule has 0 spiro atoms. The first-order valence-corrected chi connectivity index (χ1v) is 8.13. The number of nitro groups is 1. The third-order valence-electron chi connectivity index (χ3n) is 4.34. The molecule has 0 bridgehead atoms. The van der Waals surface area contributed by atoms with Gasteiger partial charge >= 0.3 is 0 Å². The van der Waals surface area contributed by atoms with E-state index in [0.29, 0.717) is 18.7 Å². The number of piperazine rings is 1. The second kappa shape index (κ2) is 8.64. The van der Waals surface area contributed by atoms with Crippen molar-refractivity contribution >= 4 is 29.7 Å². The maximum Gasteiger partial charge on any atom is 0.269 e. The number of benzene rings is 2. The summed E-state index contributed by atoms with van der Waals surface area (Å²) in [5.74, 6) is -0.0847. The second-order valence-corrected chi connectivity index (χ2v) is 6.12. The molecule has 0 unspecified atom stereocenters. The minimum atomic E-state index is -0.469. The summed E-state index contributed by atoms with van der Waals surface area (Å²) in [5, 5.41) is 10.7. The van der Waals surface area contributed by atoms with E-state index < -0.39 is 4.92 Å². The highest BCUT2D eigenvalue weighted by Gasteiger charge is 2.22. The first-order valence-electron chi connectivity index (χ1n) is 8.13. The van der Waals surface area contributed by atoms with E-state index in [4.69, 9.17) is 5.73 Å². The van der Waals surface area contributed by atoms with E-state index >= 15 is 0 Å². The predicted octanol–water partition coefficient (Wildman–Crippen LogP) is 2.56. The molecular formula is C18H21ClN4O3. The molecule has 2 aromatic carbocycles. The van der Waals surface area contributed by atoms with Crippen molar-refractivity contribution in [3.63, 3.8) is 0 Å². The molecule has 7 nitrogen and oxygen atoms in total. The number of hydrogen-bond donors (Lipinski definition) is 1. The van der Waals surface area contributed by atoms with Crippen LogP contribution in [-0.4, -0.2) is 46.8 Å². The van der Waals surface area contributed by atoms with Gasteiger partial charge < -0.3 is 10.6 Å². The first kappa shape index (κ1) is 19.7. The lowest BCUT2D eigenvalue weighted by atomic mass is 10.1. The molecule has 1 amide bonds. The average Bonchev–Trinajstić information content (AvgIpc) is 2.62. The van der Waals surface area contributed by atoms with Crippen LogP contribution in [0, 0.1) is 10.1 Å². The van der Waals surface area contributed by atoms with Crippen LogP contribution in [0.2, 0.25) is 0 Å². The number of hydrogen-bond acceptors (Lipinski definition) is 5. The monoisotopic (exact) mass is 376 g/mol. The average molecular weight is 377 g/mol. The van der Waals surface area contributed by atoms with Crippen molar-refractivity contribution in [2.45, 2.75) is 6.54 Å². The Labute approximate surface area is 157 Å². The predicted molar refractivity (Wildman–Crippen MR) is 102 cm³/mol. The molecule has 1 aliphatic heterocycles. The zero-order valence-corrected chi connectivity index (χ0v) is 15.0. The molecule has 0 atom stereocenters. The van der Waals surface area contributed by atoms with Crippen molar-refractivity contribution in [3.05, 3.63) is 69.8 Å². The number of carbonyl (C=O) groups excluding carboxylic acids is 1. The van der Waals surface area contributed by atoms with Crippen LogP contribution in [0.25, 0.3) is 0 Å². The molecule has 1 fully saturated rings. The molecule has 1 heterocycles. The molecule has 138 valence electrons. The van der Waals surface area contributed by atoms with Gasteiger partial charge in [0.1, 0.15) is 0 Å². The maximum absolute atomic E-state index is 12.5. The summed E-state index contributed by atoms with van der Waals surface area (Å²) < 4.78 is 0. The zero-order chi connectivity index (χ0) is 17.8. The Hall–Kier alpha value is -2.64. The minimum absolute atomic E-state index is 0. The normalized spacial score (nSPS) is 14.5. The Kier molecular flexibility index (Phi) is 6.54. The van der Waals surface area contributed by atoms with Crippen molar-refractivity contribution in [1.29, 1.82) is 0 Å². The minimum Gasteiger partial charge on any atom is -0.399 e. The third kappa shape index (κ3) is 4.71. The van der Waals surface area contributed by atoms with E-state index in [0.717, 1.165) is 30.9 Å². The third-order valence-corrected chi connectivity index (χ3v) is 4.34. The van der Waals surface area contributed by atoms with Crippen LogP contribution in [0.5, 0.6) is 0 Å². The SMILES string of the molecule is Cl.Nc1cccc(CN2CCN(C(=O)c3ccc([N+](=O)[O-])cc3)CC2)c1. The summed E-state index contributed by atoms with van der Waals surface area (Å²) in [6.45, 7) is 3.65. The van der Waals surface area contributed by atoms with Crippen LogP contribution >= 0.6 is 12.4 Å². The quantitative estimate of drug-likeness (QED) is 0.503. The number of non-ortho nitro benzene ring substituents is 1. The van der Waals surface area contributed by atoms with Gasteiger partial charge in [-0.3, -0.25) is 19.8 Å². The lowest BCUT2D eigenvalue weighted by molar-refractivity contribution is -0.384. The second-order valence-electron chi connectivity index (χ2n) is 6.12. The molecule has 0 saturated carbocycles. The summed E-state index contributed by atoms with van der Waals surface area (Å²) in [4.78, 5) is 26.8. The van der Waals surface area contributed by atoms with E-state index in [1.165, 1.54) is 24.3 Å². The molecule has 8 heteroatoms. The first-order chi connectivity index (χ1) is 12.0. The molecule has 0 aliphatic carbocycles. The number of rotatable bonds is 4. The van der Waals surface area contributed by atoms with Gasteiger partial charge in [0.2, 0.25) is 0 Å². The standard InChI is InChI=1S/C18H20N4O3.ClH/c19-16-3-1-2-14(12-16)13-20-8-10-21(11-9-20)18(23)15-4-6-17(7-5-15)22(24)25;/h1-7,12H,8-11,13,19H2;1H. The van der Waals surface area contributed by atoms with Crippen molar-refractivity contribution < 1.29 is 9.72 Å². The number of halogens is 1. The van der Waals surface area contributed by atoms with Gasteiger partial charge in [0, 0.05) is 56.1 Å². The summed E-state index contributed by atoms with van der Waals surface area (Å²) in [7, 11) is 0. The number of nitro benzene ring substituents is 1. The van der Waals surface area contributed by atoms with E-state index in [-0.39, 0.29) is 24.0 Å². The number of anilines is 1. The van der Waals surface area contributed by atoms with Crippen molar-refractivity contribution in [2.24, 2.45) is 0 Å². The van der Waals surface area contributed by atoms with E-state index in [1.54, 1.807) is 4.90 Å². The highest BCUT2D eigenvalue weighted by molar-refractivity contribution is 5.94. The number of amides is 1. The Morgan fingerprint density at radius 1 is 1.08 bits per heavy atom. The largest absolute Gasteiger partial charge is 0.399 e. The van der Waals surface area contributed by atoms with Gasteiger partial charge in [-0.25, -0.2) is 0 Å². The Morgan fingerprint density at radius 2 is 1.73 bits per heavy atom. The fourth-order valence-corrected chi connectivity index (χ4v) is 2.97. The number of nitrogen functional groups attached to an aromatic ring is 1. The molecule has 2 aromatic rings. The Bertz CT molecular complexity index is 774. The van der Waals surface area contributed by atoms with E-state index in [1.807, 2.05) is 24.3 Å². The van der Waals surface area contributed by atoms with Gasteiger partial charge in [-0.1, -0.05) is 12.1 Å². The van der Waals surface area contributed by atoms with Crippen LogP contribution in [0.15, 0.2) is 48.5 Å². The van der Waals surface area contributed by atoms with Gasteiger partial charge in [-0.2, -0.15) is 0 Å². The molecule has 0 radical (unpaired) electrons. The topological polar surface area (TPSA) is 92.7 Å². The lowest BCUT2D eigenvalue weighted by Gasteiger charge is -2.34. The van der Waals surface area contributed by atoms with Crippen molar-refractivity contribution in [1.82, 2.24) is 9.80 Å². The fourth-order valence-electron chi connectivity index (χ4n) is 2.97. The van der Waals surface area contributed by atoms with E-state index in [9.17, 15) is 14.9 Å². The van der Waals surface area contributed by atoms with Gasteiger partial charge in [0.25, 0.3) is 11.6 Å². The zero-order valence-electron chi connectivity index (χ0n) is 14.2. The lowest BCUT2D eigenvalue weighted by Crippen LogP contribution is -2.48. The summed E-state index contributed by atoms with van der Waals surface area (Å²) in [5.41, 5.74) is 8.19. The Morgan fingerprint density at radius 3 is 2.31 bits per heavy atom. The number of nitrogens with zero attached hydrogens (tertiary/aromatic N) is 3. The Balaban J connectivity index is 0.00000243. The molecular weight excluding hydrogens is 356 g/mol. The summed E-state index contributed by atoms with van der Waals surface area (Å²) in [6, 6.07) is 13.6. The summed E-state index contributed by atoms with van der Waals surface area (Å²) >= 11 is 0. The highest BCUT2D eigenvalue weighted by Crippen LogP contribution is 2.16. The highest BCUT2D eigenvalue weighted by atomic mass is 35.5. The van der Waals surface area contributed by atoms with Gasteiger partial charge in [0.15, 0.2) is 0 Å². The van der Waals surface area contributed by atoms with Gasteiger partial charge in [-0.05, 0) is 29.8 Å².